The molecule has 1 fully saturated rings. The van der Waals surface area contributed by atoms with Gasteiger partial charge in [-0.2, -0.15) is 13.2 Å². The molecule has 1 amide bonds. The lowest BCUT2D eigenvalue weighted by Gasteiger charge is -2.41. The first-order valence-corrected chi connectivity index (χ1v) is 9.46. The average molecular weight is 417 g/mol. The van der Waals surface area contributed by atoms with Gasteiger partial charge in [0, 0.05) is 6.20 Å². The van der Waals surface area contributed by atoms with E-state index in [1.165, 1.54) is 11.8 Å². The summed E-state index contributed by atoms with van der Waals surface area (Å²) >= 11 is 0. The molecule has 1 aliphatic rings. The van der Waals surface area contributed by atoms with E-state index in [4.69, 9.17) is 5.73 Å². The van der Waals surface area contributed by atoms with Crippen LogP contribution in [0.4, 0.5) is 23.2 Å². The van der Waals surface area contributed by atoms with Gasteiger partial charge in [-0.3, -0.25) is 4.79 Å². The molecule has 2 N–H and O–H groups in total. The molecular formula is C17H15F4N3O3S. The van der Waals surface area contributed by atoms with Crippen molar-refractivity contribution in [2.75, 3.05) is 18.8 Å². The standard InChI is InChI=1S/C17H15F4N3O3S/c1-16(18)8-24(9-16)15(25)14-13(22)6-12(7-23-14)28(26,27)11-4-2-10(3-5-11)17(19,20)21/h2-7H,8-9,22H2,1H3. The molecule has 0 spiro atoms. The number of alkyl halides is 4. The molecule has 1 aromatic carbocycles. The summed E-state index contributed by atoms with van der Waals surface area (Å²) in [5, 5.41) is 0. The van der Waals surface area contributed by atoms with Gasteiger partial charge in [0.2, 0.25) is 9.84 Å². The number of carbonyl (C=O) groups excluding carboxylic acids is 1. The third kappa shape index (κ3) is 3.66. The zero-order chi connectivity index (χ0) is 20.9. The predicted molar refractivity (Wildman–Crippen MR) is 91.0 cm³/mol. The average Bonchev–Trinajstić information content (AvgIpc) is 2.58. The number of anilines is 1. The molecule has 0 bridgehead atoms. The number of sulfone groups is 1. The Balaban J connectivity index is 1.87. The lowest BCUT2D eigenvalue weighted by molar-refractivity contribution is -0.137. The number of nitrogens with two attached hydrogens (primary N) is 1. The van der Waals surface area contributed by atoms with Crippen molar-refractivity contribution in [2.45, 2.75) is 28.6 Å². The highest BCUT2D eigenvalue weighted by Gasteiger charge is 2.42. The minimum atomic E-state index is -4.59. The zero-order valence-corrected chi connectivity index (χ0v) is 15.3. The van der Waals surface area contributed by atoms with Gasteiger partial charge in [-0.25, -0.2) is 17.8 Å². The summed E-state index contributed by atoms with van der Waals surface area (Å²) in [6.45, 7) is 1.09. The maximum Gasteiger partial charge on any atom is 0.416 e. The Hall–Kier alpha value is -2.69. The Kier molecular flexibility index (Phi) is 4.61. The van der Waals surface area contributed by atoms with E-state index in [0.717, 1.165) is 24.4 Å². The Morgan fingerprint density at radius 2 is 1.75 bits per heavy atom. The number of nitrogens with zero attached hydrogens (tertiary/aromatic N) is 2. The fourth-order valence-corrected chi connectivity index (χ4v) is 4.03. The number of pyridine rings is 1. The second-order valence-electron chi connectivity index (χ2n) is 6.71. The summed E-state index contributed by atoms with van der Waals surface area (Å²) in [5.74, 6) is -0.633. The maximum atomic E-state index is 13.5. The normalized spacial score (nSPS) is 16.5. The summed E-state index contributed by atoms with van der Waals surface area (Å²) in [6.07, 6.45) is -3.70. The van der Waals surface area contributed by atoms with Crippen LogP contribution in [-0.2, 0) is 16.0 Å². The number of aromatic nitrogens is 1. The molecule has 0 aliphatic carbocycles. The van der Waals surface area contributed by atoms with Crippen LogP contribution in [0.5, 0.6) is 0 Å². The van der Waals surface area contributed by atoms with Crippen molar-refractivity contribution in [3.8, 4) is 0 Å². The van der Waals surface area contributed by atoms with Crippen LogP contribution in [0.3, 0.4) is 0 Å². The van der Waals surface area contributed by atoms with E-state index < -0.39 is 33.2 Å². The highest BCUT2D eigenvalue weighted by atomic mass is 32.2. The van der Waals surface area contributed by atoms with Gasteiger partial charge in [-0.15, -0.1) is 0 Å². The Bertz CT molecular complexity index is 1030. The van der Waals surface area contributed by atoms with Gasteiger partial charge in [-0.1, -0.05) is 0 Å². The first-order chi connectivity index (χ1) is 12.8. The molecule has 1 aliphatic heterocycles. The van der Waals surface area contributed by atoms with Crippen LogP contribution < -0.4 is 5.73 Å². The van der Waals surface area contributed by atoms with E-state index >= 15 is 0 Å². The van der Waals surface area contributed by atoms with Crippen molar-refractivity contribution < 1.29 is 30.8 Å². The minimum Gasteiger partial charge on any atom is -0.397 e. The number of hydrogen-bond donors (Lipinski definition) is 1. The number of carbonyl (C=O) groups is 1. The Labute approximate surface area is 157 Å². The second kappa shape index (κ2) is 6.43. The number of amides is 1. The lowest BCUT2D eigenvalue weighted by atomic mass is 9.98. The number of halogens is 4. The van der Waals surface area contributed by atoms with Crippen LogP contribution in [-0.4, -0.2) is 43.0 Å². The number of rotatable bonds is 3. The summed E-state index contributed by atoms with van der Waals surface area (Å²) < 4.78 is 76.6. The van der Waals surface area contributed by atoms with Gasteiger partial charge in [0.1, 0.15) is 5.67 Å². The van der Waals surface area contributed by atoms with Crippen LogP contribution in [0.15, 0.2) is 46.3 Å². The van der Waals surface area contributed by atoms with Gasteiger partial charge >= 0.3 is 6.18 Å². The second-order valence-corrected chi connectivity index (χ2v) is 8.66. The first-order valence-electron chi connectivity index (χ1n) is 7.97. The van der Waals surface area contributed by atoms with Crippen molar-refractivity contribution in [3.63, 3.8) is 0 Å². The third-order valence-corrected chi connectivity index (χ3v) is 5.96. The highest BCUT2D eigenvalue weighted by Crippen LogP contribution is 2.32. The van der Waals surface area contributed by atoms with E-state index in [1.807, 2.05) is 0 Å². The molecule has 0 saturated carbocycles. The molecule has 1 saturated heterocycles. The van der Waals surface area contributed by atoms with Gasteiger partial charge in [0.05, 0.1) is 34.1 Å². The van der Waals surface area contributed by atoms with E-state index in [2.05, 4.69) is 4.98 Å². The SMILES string of the molecule is CC1(F)CN(C(=O)c2ncc(S(=O)(=O)c3ccc(C(F)(F)F)cc3)cc2N)C1. The molecule has 3 rings (SSSR count). The largest absolute Gasteiger partial charge is 0.416 e. The van der Waals surface area contributed by atoms with E-state index in [1.54, 1.807) is 0 Å². The maximum absolute atomic E-state index is 13.5. The van der Waals surface area contributed by atoms with Crippen LogP contribution >= 0.6 is 0 Å². The topological polar surface area (TPSA) is 93.4 Å². The molecule has 6 nitrogen and oxygen atoms in total. The monoisotopic (exact) mass is 417 g/mol. The molecule has 2 heterocycles. The van der Waals surface area contributed by atoms with Crippen molar-refractivity contribution in [3.05, 3.63) is 47.8 Å². The van der Waals surface area contributed by atoms with Crippen molar-refractivity contribution in [1.82, 2.24) is 9.88 Å². The predicted octanol–water partition coefficient (Wildman–Crippen LogP) is 2.70. The van der Waals surface area contributed by atoms with Crippen LogP contribution in [0.25, 0.3) is 0 Å². The smallest absolute Gasteiger partial charge is 0.397 e. The van der Waals surface area contributed by atoms with Crippen LogP contribution in [0, 0.1) is 0 Å². The number of nitrogen functional groups attached to an aromatic ring is 1. The van der Waals surface area contributed by atoms with Crippen molar-refractivity contribution >= 4 is 21.4 Å². The van der Waals surface area contributed by atoms with Crippen molar-refractivity contribution in [2.24, 2.45) is 0 Å². The van der Waals surface area contributed by atoms with E-state index in [0.29, 0.717) is 12.1 Å². The van der Waals surface area contributed by atoms with Gasteiger partial charge in [0.15, 0.2) is 5.69 Å². The summed E-state index contributed by atoms with van der Waals surface area (Å²) in [4.78, 5) is 16.5. The van der Waals surface area contributed by atoms with Gasteiger partial charge in [0.25, 0.3) is 5.91 Å². The molecule has 0 atom stereocenters. The summed E-state index contributed by atoms with van der Waals surface area (Å²) in [7, 11) is -4.19. The zero-order valence-electron chi connectivity index (χ0n) is 14.5. The fraction of sp³-hybridized carbons (Fsp3) is 0.294. The Morgan fingerprint density at radius 1 is 1.18 bits per heavy atom. The van der Waals surface area contributed by atoms with Crippen molar-refractivity contribution in [1.29, 1.82) is 0 Å². The molecule has 11 heteroatoms. The van der Waals surface area contributed by atoms with Crippen LogP contribution in [0.2, 0.25) is 0 Å². The first kappa shape index (κ1) is 20.1. The summed E-state index contributed by atoms with van der Waals surface area (Å²) in [6, 6.07) is 3.96. The van der Waals surface area contributed by atoms with E-state index in [-0.39, 0.29) is 34.3 Å². The fourth-order valence-electron chi connectivity index (χ4n) is 2.79. The molecule has 0 unspecified atom stereocenters. The number of likely N-dealkylation sites (tertiary alicyclic amines) is 1. The quantitative estimate of drug-likeness (QED) is 0.776. The highest BCUT2D eigenvalue weighted by molar-refractivity contribution is 7.91. The van der Waals surface area contributed by atoms with Gasteiger partial charge in [-0.05, 0) is 37.3 Å². The number of benzene rings is 1. The molecule has 150 valence electrons. The lowest BCUT2D eigenvalue weighted by Crippen LogP contribution is -2.59. The molecule has 28 heavy (non-hydrogen) atoms. The minimum absolute atomic E-state index is 0.126. The van der Waals surface area contributed by atoms with Gasteiger partial charge < -0.3 is 10.6 Å². The summed E-state index contributed by atoms with van der Waals surface area (Å²) in [5.41, 5.74) is 2.82. The molecule has 0 radical (unpaired) electrons. The third-order valence-electron chi connectivity index (χ3n) is 4.23. The molecular weight excluding hydrogens is 402 g/mol. The van der Waals surface area contributed by atoms with E-state index in [9.17, 15) is 30.8 Å². The molecule has 1 aromatic heterocycles. The Morgan fingerprint density at radius 3 is 2.21 bits per heavy atom. The number of hydrogen-bond acceptors (Lipinski definition) is 5. The molecule has 2 aromatic rings. The van der Waals surface area contributed by atoms with Crippen LogP contribution in [0.1, 0.15) is 23.0 Å².